The number of benzene rings is 3. The molecule has 0 bridgehead atoms. The quantitative estimate of drug-likeness (QED) is 0.368. The number of rotatable bonds is 5. The number of aromatic hydroxyl groups is 2. The Morgan fingerprint density at radius 2 is 1.23 bits per heavy atom. The number of carbonyl (C=O) groups is 2. The van der Waals surface area contributed by atoms with Crippen molar-refractivity contribution in [1.82, 2.24) is 0 Å². The number of halogens is 2. The molecular formula is C23H18Cl2O6. The van der Waals surface area contributed by atoms with E-state index in [4.69, 9.17) is 23.2 Å². The van der Waals surface area contributed by atoms with Gasteiger partial charge in [-0.1, -0.05) is 41.4 Å². The van der Waals surface area contributed by atoms with Crippen molar-refractivity contribution < 1.29 is 30.0 Å². The summed E-state index contributed by atoms with van der Waals surface area (Å²) in [5.41, 5.74) is 1.57. The lowest BCUT2D eigenvalue weighted by atomic mass is 9.82. The molecule has 160 valence electrons. The summed E-state index contributed by atoms with van der Waals surface area (Å²) in [6, 6.07) is 10.7. The smallest absolute Gasteiger partial charge is 0.339 e. The van der Waals surface area contributed by atoms with Gasteiger partial charge in [0.05, 0.1) is 0 Å². The molecule has 3 aromatic carbocycles. The Morgan fingerprint density at radius 1 is 0.774 bits per heavy atom. The van der Waals surface area contributed by atoms with Crippen molar-refractivity contribution >= 4 is 35.1 Å². The molecule has 4 N–H and O–H groups in total. The van der Waals surface area contributed by atoms with Gasteiger partial charge in [-0.3, -0.25) is 0 Å². The zero-order valence-corrected chi connectivity index (χ0v) is 18.0. The fourth-order valence-corrected chi connectivity index (χ4v) is 4.08. The van der Waals surface area contributed by atoms with Crippen molar-refractivity contribution in [2.24, 2.45) is 0 Å². The van der Waals surface area contributed by atoms with Crippen LogP contribution in [0.2, 0.25) is 10.0 Å². The zero-order chi connectivity index (χ0) is 23.0. The largest absolute Gasteiger partial charge is 0.507 e. The lowest BCUT2D eigenvalue weighted by Gasteiger charge is -2.23. The van der Waals surface area contributed by atoms with Gasteiger partial charge >= 0.3 is 11.9 Å². The van der Waals surface area contributed by atoms with E-state index in [1.54, 1.807) is 38.1 Å². The highest BCUT2D eigenvalue weighted by Gasteiger charge is 2.26. The molecule has 8 heteroatoms. The third-order valence-corrected chi connectivity index (χ3v) is 5.61. The molecule has 0 aromatic heterocycles. The molecule has 0 aliphatic rings. The summed E-state index contributed by atoms with van der Waals surface area (Å²) < 4.78 is 0. The van der Waals surface area contributed by atoms with E-state index in [-0.39, 0.29) is 22.6 Å². The predicted molar refractivity (Wildman–Crippen MR) is 117 cm³/mol. The first-order chi connectivity index (χ1) is 14.5. The molecule has 0 radical (unpaired) electrons. The fraction of sp³-hybridized carbons (Fsp3) is 0.130. The van der Waals surface area contributed by atoms with Crippen molar-refractivity contribution in [2.75, 3.05) is 0 Å². The lowest BCUT2D eigenvalue weighted by Crippen LogP contribution is -2.09. The summed E-state index contributed by atoms with van der Waals surface area (Å²) in [4.78, 5) is 23.3. The van der Waals surface area contributed by atoms with Crippen LogP contribution in [-0.2, 0) is 0 Å². The van der Waals surface area contributed by atoms with Crippen LogP contribution in [0, 0.1) is 13.8 Å². The van der Waals surface area contributed by atoms with E-state index < -0.39 is 17.9 Å². The standard InChI is InChI=1S/C23H18Cl2O6/c1-10-5-12(7-16(20(10)26)22(28)29)19(15-4-3-14(24)9-18(15)25)13-6-11(2)21(27)17(8-13)23(30)31/h3-9,19,26-27H,1-2H3,(H,28,29)(H,30,31). The van der Waals surface area contributed by atoms with E-state index in [0.29, 0.717) is 37.9 Å². The average Bonchev–Trinajstić information content (AvgIpc) is 2.68. The average molecular weight is 461 g/mol. The summed E-state index contributed by atoms with van der Waals surface area (Å²) >= 11 is 12.5. The maximum atomic E-state index is 11.7. The topological polar surface area (TPSA) is 115 Å². The van der Waals surface area contributed by atoms with E-state index >= 15 is 0 Å². The minimum absolute atomic E-state index is 0.293. The van der Waals surface area contributed by atoms with Gasteiger partial charge in [0.2, 0.25) is 0 Å². The Hall–Kier alpha value is -3.22. The normalized spacial score (nSPS) is 11.0. The van der Waals surface area contributed by atoms with Crippen molar-refractivity contribution in [3.63, 3.8) is 0 Å². The van der Waals surface area contributed by atoms with Crippen molar-refractivity contribution in [3.8, 4) is 11.5 Å². The van der Waals surface area contributed by atoms with Crippen LogP contribution in [0.25, 0.3) is 0 Å². The Bertz CT molecular complexity index is 1150. The second kappa shape index (κ2) is 8.49. The summed E-state index contributed by atoms with van der Waals surface area (Å²) in [5, 5.41) is 40.1. The Labute approximate surface area is 187 Å². The third-order valence-electron chi connectivity index (χ3n) is 5.05. The summed E-state index contributed by atoms with van der Waals surface area (Å²) in [6.45, 7) is 3.13. The van der Waals surface area contributed by atoms with E-state index in [2.05, 4.69) is 0 Å². The van der Waals surface area contributed by atoms with Gasteiger partial charge in [-0.15, -0.1) is 0 Å². The number of hydrogen-bond donors (Lipinski definition) is 4. The Kier molecular flexibility index (Phi) is 6.15. The first kappa shape index (κ1) is 22.5. The second-order valence-electron chi connectivity index (χ2n) is 7.18. The van der Waals surface area contributed by atoms with Crippen LogP contribution < -0.4 is 0 Å². The number of hydrogen-bond acceptors (Lipinski definition) is 4. The molecule has 0 saturated carbocycles. The van der Waals surface area contributed by atoms with Crippen molar-refractivity contribution in [3.05, 3.63) is 91.5 Å². The highest BCUT2D eigenvalue weighted by molar-refractivity contribution is 6.35. The summed E-state index contributed by atoms with van der Waals surface area (Å²) in [7, 11) is 0. The Morgan fingerprint density at radius 3 is 1.61 bits per heavy atom. The van der Waals surface area contributed by atoms with Gasteiger partial charge in [-0.2, -0.15) is 0 Å². The SMILES string of the molecule is Cc1cc(C(c2cc(C)c(O)c(C(=O)O)c2)c2ccc(Cl)cc2Cl)cc(C(=O)O)c1O. The van der Waals surface area contributed by atoms with Gasteiger partial charge < -0.3 is 20.4 Å². The third kappa shape index (κ3) is 4.31. The van der Waals surface area contributed by atoms with E-state index in [0.717, 1.165) is 0 Å². The van der Waals surface area contributed by atoms with E-state index in [1.807, 2.05) is 0 Å². The molecule has 0 unspecified atom stereocenters. The molecule has 0 heterocycles. The fourth-order valence-electron chi connectivity index (χ4n) is 3.56. The van der Waals surface area contributed by atoms with Crippen LogP contribution in [0.4, 0.5) is 0 Å². The van der Waals surface area contributed by atoms with Gasteiger partial charge in [0.15, 0.2) is 0 Å². The van der Waals surface area contributed by atoms with Gasteiger partial charge in [0, 0.05) is 16.0 Å². The monoisotopic (exact) mass is 460 g/mol. The van der Waals surface area contributed by atoms with Crippen molar-refractivity contribution in [1.29, 1.82) is 0 Å². The molecule has 0 saturated heterocycles. The molecule has 0 atom stereocenters. The van der Waals surface area contributed by atoms with Crippen LogP contribution in [0.1, 0.15) is 54.5 Å². The summed E-state index contributed by atoms with van der Waals surface area (Å²) in [5.74, 6) is -4.02. The number of carboxylic acids is 2. The number of phenols is 2. The van der Waals surface area contributed by atoms with Crippen LogP contribution in [-0.4, -0.2) is 32.4 Å². The highest BCUT2D eigenvalue weighted by Crippen LogP contribution is 2.41. The maximum Gasteiger partial charge on any atom is 0.339 e. The zero-order valence-electron chi connectivity index (χ0n) is 16.5. The lowest BCUT2D eigenvalue weighted by molar-refractivity contribution is 0.0682. The summed E-state index contributed by atoms with van der Waals surface area (Å²) in [6.07, 6.45) is 0. The highest BCUT2D eigenvalue weighted by atomic mass is 35.5. The minimum Gasteiger partial charge on any atom is -0.507 e. The molecular weight excluding hydrogens is 443 g/mol. The first-order valence-electron chi connectivity index (χ1n) is 9.09. The molecule has 0 aliphatic carbocycles. The molecule has 31 heavy (non-hydrogen) atoms. The van der Waals surface area contributed by atoms with Crippen LogP contribution in [0.3, 0.4) is 0 Å². The van der Waals surface area contributed by atoms with Gasteiger partial charge in [-0.05, 0) is 65.9 Å². The van der Waals surface area contributed by atoms with Gasteiger partial charge in [0.25, 0.3) is 0 Å². The van der Waals surface area contributed by atoms with Crippen LogP contribution >= 0.6 is 23.2 Å². The molecule has 0 fully saturated rings. The predicted octanol–water partition coefficient (Wildman–Crippen LogP) is 5.60. The van der Waals surface area contributed by atoms with Crippen LogP contribution in [0.5, 0.6) is 11.5 Å². The van der Waals surface area contributed by atoms with E-state index in [9.17, 15) is 30.0 Å². The second-order valence-corrected chi connectivity index (χ2v) is 8.02. The molecule has 0 amide bonds. The van der Waals surface area contributed by atoms with E-state index in [1.165, 1.54) is 18.2 Å². The number of aryl methyl sites for hydroxylation is 2. The molecule has 6 nitrogen and oxygen atoms in total. The maximum absolute atomic E-state index is 11.7. The molecule has 3 rings (SSSR count). The van der Waals surface area contributed by atoms with Crippen LogP contribution in [0.15, 0.2) is 42.5 Å². The van der Waals surface area contributed by atoms with Crippen molar-refractivity contribution in [2.45, 2.75) is 19.8 Å². The first-order valence-corrected chi connectivity index (χ1v) is 9.85. The number of carboxylic acid groups (broad SMARTS) is 2. The molecule has 3 aromatic rings. The Balaban J connectivity index is 2.38. The minimum atomic E-state index is -1.31. The van der Waals surface area contributed by atoms with Gasteiger partial charge in [0.1, 0.15) is 22.6 Å². The molecule has 0 spiro atoms. The number of aromatic carboxylic acids is 2. The molecule has 0 aliphatic heterocycles. The van der Waals surface area contributed by atoms with Gasteiger partial charge in [-0.25, -0.2) is 9.59 Å².